The van der Waals surface area contributed by atoms with Crippen LogP contribution in [-0.4, -0.2) is 25.3 Å². The number of hydrogen-bond donors (Lipinski definition) is 1. The number of hydrogen-bond acceptors (Lipinski definition) is 2. The molecule has 0 atom stereocenters. The Morgan fingerprint density at radius 2 is 1.93 bits per heavy atom. The minimum atomic E-state index is 0.0763. The highest BCUT2D eigenvalue weighted by Crippen LogP contribution is 2.19. The van der Waals surface area contributed by atoms with Crippen LogP contribution < -0.4 is 5.32 Å². The maximum absolute atomic E-state index is 5.86. The van der Waals surface area contributed by atoms with Gasteiger partial charge in [-0.1, -0.05) is 6.92 Å². The summed E-state index contributed by atoms with van der Waals surface area (Å²) >= 11 is 0. The standard InChI is InChI=1S/C12H25NO/c1-4-12(2,3)14-10-7-11-5-8-13-9-6-11/h11,13H,4-10H2,1-3H3. The molecule has 0 spiro atoms. The molecular weight excluding hydrogens is 174 g/mol. The first kappa shape index (κ1) is 12.0. The second-order valence-corrected chi connectivity index (χ2v) is 4.94. The van der Waals surface area contributed by atoms with E-state index >= 15 is 0 Å². The van der Waals surface area contributed by atoms with Crippen molar-refractivity contribution in [3.05, 3.63) is 0 Å². The Bertz CT molecular complexity index is 150. The molecule has 2 heteroatoms. The van der Waals surface area contributed by atoms with Gasteiger partial charge in [0.15, 0.2) is 0 Å². The second kappa shape index (κ2) is 5.72. The lowest BCUT2D eigenvalue weighted by Gasteiger charge is -2.27. The molecule has 1 saturated heterocycles. The van der Waals surface area contributed by atoms with Crippen LogP contribution in [0.15, 0.2) is 0 Å². The number of piperidine rings is 1. The SMILES string of the molecule is CCC(C)(C)OCCC1CCNCC1. The van der Waals surface area contributed by atoms with E-state index in [4.69, 9.17) is 4.74 Å². The van der Waals surface area contributed by atoms with E-state index in [0.29, 0.717) is 0 Å². The Morgan fingerprint density at radius 1 is 1.29 bits per heavy atom. The number of ether oxygens (including phenoxy) is 1. The van der Waals surface area contributed by atoms with Gasteiger partial charge in [-0.25, -0.2) is 0 Å². The van der Waals surface area contributed by atoms with Gasteiger partial charge >= 0.3 is 0 Å². The summed E-state index contributed by atoms with van der Waals surface area (Å²) < 4.78 is 5.86. The van der Waals surface area contributed by atoms with E-state index in [1.165, 1.54) is 32.4 Å². The average Bonchev–Trinajstić information content (AvgIpc) is 2.19. The molecule has 0 aromatic carbocycles. The van der Waals surface area contributed by atoms with Crippen molar-refractivity contribution < 1.29 is 4.74 Å². The first-order valence-corrected chi connectivity index (χ1v) is 5.99. The van der Waals surface area contributed by atoms with Gasteiger partial charge in [-0.05, 0) is 58.5 Å². The Hall–Kier alpha value is -0.0800. The molecule has 1 rings (SSSR count). The Labute approximate surface area is 88.4 Å². The third-order valence-corrected chi connectivity index (χ3v) is 3.33. The van der Waals surface area contributed by atoms with Gasteiger partial charge < -0.3 is 10.1 Å². The highest BCUT2D eigenvalue weighted by molar-refractivity contribution is 4.70. The summed E-state index contributed by atoms with van der Waals surface area (Å²) in [5.41, 5.74) is 0.0763. The van der Waals surface area contributed by atoms with Gasteiger partial charge in [0, 0.05) is 6.61 Å². The maximum Gasteiger partial charge on any atom is 0.0623 e. The summed E-state index contributed by atoms with van der Waals surface area (Å²) in [7, 11) is 0. The van der Waals surface area contributed by atoms with Gasteiger partial charge in [-0.2, -0.15) is 0 Å². The first-order chi connectivity index (χ1) is 6.64. The van der Waals surface area contributed by atoms with E-state index in [2.05, 4.69) is 26.1 Å². The highest BCUT2D eigenvalue weighted by atomic mass is 16.5. The third kappa shape index (κ3) is 4.43. The predicted octanol–water partition coefficient (Wildman–Crippen LogP) is 2.58. The van der Waals surface area contributed by atoms with E-state index in [9.17, 15) is 0 Å². The van der Waals surface area contributed by atoms with Crippen molar-refractivity contribution in [1.29, 1.82) is 0 Å². The van der Waals surface area contributed by atoms with Crippen LogP contribution in [0.25, 0.3) is 0 Å². The van der Waals surface area contributed by atoms with Crippen LogP contribution in [0, 0.1) is 5.92 Å². The summed E-state index contributed by atoms with van der Waals surface area (Å²) in [5.74, 6) is 0.893. The van der Waals surface area contributed by atoms with Crippen molar-refractivity contribution in [3.63, 3.8) is 0 Å². The molecule has 0 saturated carbocycles. The van der Waals surface area contributed by atoms with Crippen LogP contribution in [0.2, 0.25) is 0 Å². The summed E-state index contributed by atoms with van der Waals surface area (Å²) in [4.78, 5) is 0. The van der Waals surface area contributed by atoms with E-state index in [-0.39, 0.29) is 5.60 Å². The predicted molar refractivity (Wildman–Crippen MR) is 60.5 cm³/mol. The molecule has 0 aromatic heterocycles. The lowest BCUT2D eigenvalue weighted by molar-refractivity contribution is -0.0268. The zero-order valence-corrected chi connectivity index (χ0v) is 9.94. The van der Waals surface area contributed by atoms with Crippen molar-refractivity contribution in [2.75, 3.05) is 19.7 Å². The minimum Gasteiger partial charge on any atom is -0.376 e. The Morgan fingerprint density at radius 3 is 2.50 bits per heavy atom. The van der Waals surface area contributed by atoms with Gasteiger partial charge in [0.2, 0.25) is 0 Å². The quantitative estimate of drug-likeness (QED) is 0.735. The van der Waals surface area contributed by atoms with E-state index in [1.54, 1.807) is 0 Å². The van der Waals surface area contributed by atoms with Crippen LogP contribution in [0.3, 0.4) is 0 Å². The first-order valence-electron chi connectivity index (χ1n) is 5.99. The molecule has 84 valence electrons. The number of rotatable bonds is 5. The maximum atomic E-state index is 5.86. The van der Waals surface area contributed by atoms with Crippen molar-refractivity contribution in [3.8, 4) is 0 Å². The smallest absolute Gasteiger partial charge is 0.0623 e. The minimum absolute atomic E-state index is 0.0763. The fourth-order valence-corrected chi connectivity index (χ4v) is 1.77. The van der Waals surface area contributed by atoms with Gasteiger partial charge in [0.05, 0.1) is 5.60 Å². The fraction of sp³-hybridized carbons (Fsp3) is 1.00. The van der Waals surface area contributed by atoms with Crippen molar-refractivity contribution >= 4 is 0 Å². The van der Waals surface area contributed by atoms with Gasteiger partial charge in [-0.15, -0.1) is 0 Å². The van der Waals surface area contributed by atoms with Gasteiger partial charge in [0.25, 0.3) is 0 Å². The lowest BCUT2D eigenvalue weighted by Crippen LogP contribution is -2.29. The second-order valence-electron chi connectivity index (χ2n) is 4.94. The summed E-state index contributed by atoms with van der Waals surface area (Å²) in [6, 6.07) is 0. The summed E-state index contributed by atoms with van der Waals surface area (Å²) in [5, 5.41) is 3.39. The zero-order chi connectivity index (χ0) is 10.4. The van der Waals surface area contributed by atoms with E-state index in [1.807, 2.05) is 0 Å². The van der Waals surface area contributed by atoms with Crippen LogP contribution in [0.4, 0.5) is 0 Å². The molecule has 0 aromatic rings. The summed E-state index contributed by atoms with van der Waals surface area (Å²) in [6.07, 6.45) is 5.00. The lowest BCUT2D eigenvalue weighted by atomic mass is 9.95. The molecule has 0 aliphatic carbocycles. The largest absolute Gasteiger partial charge is 0.376 e. The van der Waals surface area contributed by atoms with Crippen molar-refractivity contribution in [2.45, 2.75) is 52.1 Å². The zero-order valence-electron chi connectivity index (χ0n) is 9.94. The molecule has 0 bridgehead atoms. The van der Waals surface area contributed by atoms with Crippen LogP contribution in [0.1, 0.15) is 46.5 Å². The molecule has 1 fully saturated rings. The fourth-order valence-electron chi connectivity index (χ4n) is 1.77. The van der Waals surface area contributed by atoms with Gasteiger partial charge in [-0.3, -0.25) is 0 Å². The molecule has 0 amide bonds. The van der Waals surface area contributed by atoms with Crippen molar-refractivity contribution in [1.82, 2.24) is 5.32 Å². The molecule has 1 N–H and O–H groups in total. The third-order valence-electron chi connectivity index (χ3n) is 3.33. The van der Waals surface area contributed by atoms with Crippen LogP contribution in [-0.2, 0) is 4.74 Å². The average molecular weight is 199 g/mol. The van der Waals surface area contributed by atoms with Crippen LogP contribution >= 0.6 is 0 Å². The molecule has 1 heterocycles. The van der Waals surface area contributed by atoms with Crippen LogP contribution in [0.5, 0.6) is 0 Å². The number of nitrogens with one attached hydrogen (secondary N) is 1. The topological polar surface area (TPSA) is 21.3 Å². The van der Waals surface area contributed by atoms with Crippen molar-refractivity contribution in [2.24, 2.45) is 5.92 Å². The van der Waals surface area contributed by atoms with Gasteiger partial charge in [0.1, 0.15) is 0 Å². The molecule has 1 aliphatic heterocycles. The highest BCUT2D eigenvalue weighted by Gasteiger charge is 2.17. The molecular formula is C12H25NO. The van der Waals surface area contributed by atoms with E-state index < -0.39 is 0 Å². The molecule has 2 nitrogen and oxygen atoms in total. The molecule has 0 unspecified atom stereocenters. The molecule has 14 heavy (non-hydrogen) atoms. The Balaban J connectivity index is 2.08. The molecule has 0 radical (unpaired) electrons. The monoisotopic (exact) mass is 199 g/mol. The van der Waals surface area contributed by atoms with E-state index in [0.717, 1.165) is 18.9 Å². The summed E-state index contributed by atoms with van der Waals surface area (Å²) in [6.45, 7) is 9.87. The molecule has 1 aliphatic rings. The normalized spacial score (nSPS) is 19.9. The Kier molecular flexibility index (Phi) is 4.90.